The fraction of sp³-hybridized carbons (Fsp3) is 0.450. The minimum atomic E-state index is -0.274. The van der Waals surface area contributed by atoms with Crippen LogP contribution in [0.2, 0.25) is 0 Å². The van der Waals surface area contributed by atoms with Crippen molar-refractivity contribution in [3.8, 4) is 11.5 Å². The Morgan fingerprint density at radius 1 is 1.27 bits per heavy atom. The van der Waals surface area contributed by atoms with Crippen molar-refractivity contribution >= 4 is 16.7 Å². The number of aromatic nitrogens is 3. The molecule has 3 aromatic rings. The van der Waals surface area contributed by atoms with E-state index >= 15 is 0 Å². The number of hydrogen-bond acceptors (Lipinski definition) is 5. The predicted molar refractivity (Wildman–Crippen MR) is 99.8 cm³/mol. The van der Waals surface area contributed by atoms with Gasteiger partial charge in [0.15, 0.2) is 5.82 Å². The number of pyridine rings is 1. The average Bonchev–Trinajstić information content (AvgIpc) is 3.23. The maximum atomic E-state index is 14.8. The molecule has 0 N–H and O–H groups in total. The van der Waals surface area contributed by atoms with E-state index in [2.05, 4.69) is 22.0 Å². The van der Waals surface area contributed by atoms with Crippen LogP contribution >= 0.6 is 0 Å². The highest BCUT2D eigenvalue weighted by Gasteiger charge is 2.28. The lowest BCUT2D eigenvalue weighted by Gasteiger charge is -2.22. The number of hydrogen-bond donors (Lipinski definition) is 0. The summed E-state index contributed by atoms with van der Waals surface area (Å²) in [5.41, 5.74) is 3.12. The second kappa shape index (κ2) is 6.34. The van der Waals surface area contributed by atoms with Crippen LogP contribution < -0.4 is 4.90 Å². The molecule has 1 fully saturated rings. The summed E-state index contributed by atoms with van der Waals surface area (Å²) in [7, 11) is 0. The van der Waals surface area contributed by atoms with E-state index in [1.807, 2.05) is 19.9 Å². The van der Waals surface area contributed by atoms with E-state index in [-0.39, 0.29) is 5.82 Å². The van der Waals surface area contributed by atoms with Crippen molar-refractivity contribution in [1.82, 2.24) is 15.1 Å². The van der Waals surface area contributed by atoms with Gasteiger partial charge in [0.2, 0.25) is 0 Å². The quantitative estimate of drug-likeness (QED) is 0.695. The number of benzene rings is 1. The Labute approximate surface area is 152 Å². The maximum absolute atomic E-state index is 14.8. The second-order valence-corrected chi connectivity index (χ2v) is 7.25. The third kappa shape index (κ3) is 2.73. The van der Waals surface area contributed by atoms with Gasteiger partial charge in [-0.3, -0.25) is 0 Å². The van der Waals surface area contributed by atoms with E-state index in [4.69, 9.17) is 9.51 Å². The molecule has 1 atom stereocenters. The molecule has 0 spiro atoms. The van der Waals surface area contributed by atoms with E-state index in [0.29, 0.717) is 23.1 Å². The smallest absolute Gasteiger partial charge is 0.261 e. The van der Waals surface area contributed by atoms with Crippen LogP contribution in [-0.4, -0.2) is 28.2 Å². The molecule has 0 aliphatic carbocycles. The van der Waals surface area contributed by atoms with Crippen LogP contribution in [0.3, 0.4) is 0 Å². The SMILES string of the molecule is CCc1cc(F)c2nc(N3CCC(C)C3)c(-c3nc(C)no3)c(C)c2c1. The van der Waals surface area contributed by atoms with Gasteiger partial charge in [0.05, 0.1) is 5.56 Å². The van der Waals surface area contributed by atoms with Crippen molar-refractivity contribution in [2.45, 2.75) is 40.5 Å². The normalized spacial score (nSPS) is 17.4. The van der Waals surface area contributed by atoms with Gasteiger partial charge in [0.25, 0.3) is 5.89 Å². The van der Waals surface area contributed by atoms with Crippen LogP contribution in [0.1, 0.15) is 37.2 Å². The molecule has 0 saturated carbocycles. The van der Waals surface area contributed by atoms with Crippen LogP contribution in [0.4, 0.5) is 10.2 Å². The van der Waals surface area contributed by atoms with Gasteiger partial charge < -0.3 is 9.42 Å². The highest BCUT2D eigenvalue weighted by molar-refractivity contribution is 5.93. The first-order chi connectivity index (χ1) is 12.5. The molecule has 2 aromatic heterocycles. The Kier molecular flexibility index (Phi) is 4.13. The number of aryl methyl sites for hydroxylation is 3. The van der Waals surface area contributed by atoms with E-state index in [1.165, 1.54) is 0 Å². The van der Waals surface area contributed by atoms with Crippen LogP contribution in [0, 0.1) is 25.6 Å². The highest BCUT2D eigenvalue weighted by atomic mass is 19.1. The van der Waals surface area contributed by atoms with Gasteiger partial charge in [-0.05, 0) is 55.9 Å². The molecule has 136 valence electrons. The zero-order valence-corrected chi connectivity index (χ0v) is 15.6. The molecule has 3 heterocycles. The molecule has 1 saturated heterocycles. The first-order valence-electron chi connectivity index (χ1n) is 9.16. The largest absolute Gasteiger partial charge is 0.356 e. The van der Waals surface area contributed by atoms with Gasteiger partial charge in [0, 0.05) is 18.5 Å². The van der Waals surface area contributed by atoms with Gasteiger partial charge >= 0.3 is 0 Å². The monoisotopic (exact) mass is 354 g/mol. The number of halogens is 1. The van der Waals surface area contributed by atoms with Crippen molar-refractivity contribution in [2.75, 3.05) is 18.0 Å². The molecule has 1 unspecified atom stereocenters. The lowest BCUT2D eigenvalue weighted by atomic mass is 10.00. The minimum absolute atomic E-state index is 0.274. The second-order valence-electron chi connectivity index (χ2n) is 7.25. The topological polar surface area (TPSA) is 55.1 Å². The average molecular weight is 354 g/mol. The summed E-state index contributed by atoms with van der Waals surface area (Å²) >= 11 is 0. The van der Waals surface area contributed by atoms with Crippen molar-refractivity contribution in [1.29, 1.82) is 0 Å². The maximum Gasteiger partial charge on any atom is 0.261 e. The van der Waals surface area contributed by atoms with Gasteiger partial charge in [-0.15, -0.1) is 0 Å². The summed E-state index contributed by atoms with van der Waals surface area (Å²) in [5, 5.41) is 4.75. The van der Waals surface area contributed by atoms with Crippen molar-refractivity contribution in [3.63, 3.8) is 0 Å². The first-order valence-corrected chi connectivity index (χ1v) is 9.16. The third-order valence-electron chi connectivity index (χ3n) is 5.22. The van der Waals surface area contributed by atoms with Crippen LogP contribution in [-0.2, 0) is 6.42 Å². The minimum Gasteiger partial charge on any atom is -0.356 e. The number of nitrogens with zero attached hydrogens (tertiary/aromatic N) is 4. The van der Waals surface area contributed by atoms with Gasteiger partial charge in [-0.2, -0.15) is 4.98 Å². The highest BCUT2D eigenvalue weighted by Crippen LogP contribution is 2.38. The fourth-order valence-electron chi connectivity index (χ4n) is 3.73. The standard InChI is InChI=1S/C20H23FN4O/c1-5-14-8-15-12(3)17(20-22-13(4)24-26-20)19(23-18(15)16(21)9-14)25-7-6-11(2)10-25/h8-9,11H,5-7,10H2,1-4H3. The molecule has 0 bridgehead atoms. The molecular formula is C20H23FN4O. The zero-order chi connectivity index (χ0) is 18.4. The Hall–Kier alpha value is -2.50. The van der Waals surface area contributed by atoms with Crippen LogP contribution in [0.15, 0.2) is 16.7 Å². The molecular weight excluding hydrogens is 331 g/mol. The molecule has 1 aliphatic rings. The molecule has 5 nitrogen and oxygen atoms in total. The van der Waals surface area contributed by atoms with Gasteiger partial charge in [-0.1, -0.05) is 19.0 Å². The lowest BCUT2D eigenvalue weighted by Crippen LogP contribution is -2.22. The summed E-state index contributed by atoms with van der Waals surface area (Å²) in [5.74, 6) is 2.08. The molecule has 6 heteroatoms. The Morgan fingerprint density at radius 2 is 2.08 bits per heavy atom. The van der Waals surface area contributed by atoms with E-state index in [9.17, 15) is 4.39 Å². The summed E-state index contributed by atoms with van der Waals surface area (Å²) in [6.07, 6.45) is 1.87. The number of rotatable bonds is 3. The van der Waals surface area contributed by atoms with E-state index in [1.54, 1.807) is 13.0 Å². The fourth-order valence-corrected chi connectivity index (χ4v) is 3.73. The Balaban J connectivity index is 2.02. The van der Waals surface area contributed by atoms with Crippen LogP contribution in [0.25, 0.3) is 22.4 Å². The molecule has 0 radical (unpaired) electrons. The third-order valence-corrected chi connectivity index (χ3v) is 5.22. The van der Waals surface area contributed by atoms with Gasteiger partial charge in [0.1, 0.15) is 17.2 Å². The van der Waals surface area contributed by atoms with Crippen molar-refractivity contribution in [3.05, 3.63) is 34.9 Å². The lowest BCUT2D eigenvalue weighted by molar-refractivity contribution is 0.425. The molecule has 0 amide bonds. The molecule has 1 aliphatic heterocycles. The summed E-state index contributed by atoms with van der Waals surface area (Å²) in [6, 6.07) is 3.60. The number of anilines is 1. The first kappa shape index (κ1) is 16.9. The van der Waals surface area contributed by atoms with Crippen LogP contribution in [0.5, 0.6) is 0 Å². The molecule has 1 aromatic carbocycles. The summed E-state index contributed by atoms with van der Waals surface area (Å²) in [4.78, 5) is 11.4. The summed E-state index contributed by atoms with van der Waals surface area (Å²) < 4.78 is 20.2. The number of fused-ring (bicyclic) bond motifs is 1. The van der Waals surface area contributed by atoms with Crippen molar-refractivity contribution in [2.24, 2.45) is 5.92 Å². The molecule has 26 heavy (non-hydrogen) atoms. The van der Waals surface area contributed by atoms with E-state index in [0.717, 1.165) is 53.8 Å². The zero-order valence-electron chi connectivity index (χ0n) is 15.6. The van der Waals surface area contributed by atoms with Crippen molar-refractivity contribution < 1.29 is 8.91 Å². The van der Waals surface area contributed by atoms with Gasteiger partial charge in [-0.25, -0.2) is 9.37 Å². The predicted octanol–water partition coefficient (Wildman–Crippen LogP) is 4.45. The van der Waals surface area contributed by atoms with E-state index < -0.39 is 0 Å². The Bertz CT molecular complexity index is 982. The Morgan fingerprint density at radius 3 is 2.69 bits per heavy atom. The molecule has 4 rings (SSSR count). The summed E-state index contributed by atoms with van der Waals surface area (Å²) in [6.45, 7) is 9.81.